The number of ether oxygens (including phenoxy) is 1. The number of rotatable bonds is 6. The summed E-state index contributed by atoms with van der Waals surface area (Å²) >= 11 is 5.82. The van der Waals surface area contributed by atoms with Crippen LogP contribution >= 0.6 is 11.6 Å². The molecule has 1 aromatic carbocycles. The van der Waals surface area contributed by atoms with E-state index in [0.717, 1.165) is 13.2 Å². The third-order valence-electron chi connectivity index (χ3n) is 2.64. The molecule has 0 bridgehead atoms. The third-order valence-corrected chi connectivity index (χ3v) is 4.55. The van der Waals surface area contributed by atoms with Gasteiger partial charge in [0, 0.05) is 6.54 Å². The Hall–Kier alpha value is -1.64. The number of hydrogen-bond acceptors (Lipinski definition) is 5. The first-order valence-electron chi connectivity index (χ1n) is 5.79. The van der Waals surface area contributed by atoms with Crippen LogP contribution in [0.15, 0.2) is 23.1 Å². The Labute approximate surface area is 126 Å². The molecule has 1 atom stereocenters. The molecular weight excluding hydrogens is 322 g/mol. The molecule has 0 spiro atoms. The van der Waals surface area contributed by atoms with Crippen LogP contribution in [0.3, 0.4) is 0 Å². The summed E-state index contributed by atoms with van der Waals surface area (Å²) in [5.74, 6) is -2.74. The summed E-state index contributed by atoms with van der Waals surface area (Å²) in [6, 6.07) is 3.65. The van der Waals surface area contributed by atoms with Gasteiger partial charge < -0.3 is 9.84 Å². The zero-order chi connectivity index (χ0) is 16.2. The summed E-state index contributed by atoms with van der Waals surface area (Å²) in [5.41, 5.74) is 0.0218. The van der Waals surface area contributed by atoms with Gasteiger partial charge in [-0.25, -0.2) is 17.9 Å². The zero-order valence-electron chi connectivity index (χ0n) is 11.3. The predicted octanol–water partition coefficient (Wildman–Crippen LogP) is 1.13. The Balaban J connectivity index is 3.07. The molecular formula is C12H14ClNO6S. The number of sulfonamides is 1. The van der Waals surface area contributed by atoms with Crippen LogP contribution in [-0.4, -0.2) is 39.1 Å². The van der Waals surface area contributed by atoms with Gasteiger partial charge >= 0.3 is 11.9 Å². The molecule has 0 fully saturated rings. The van der Waals surface area contributed by atoms with Crippen molar-refractivity contribution in [1.82, 2.24) is 4.72 Å². The number of esters is 1. The standard InChI is InChI=1S/C12H14ClNO6S/c1-7(11(15)16)6-14-21(18,19)10-5-8(12(17)20-2)3-4-9(10)13/h3-5,7,14H,6H2,1-2H3,(H,15,16). The second-order valence-electron chi connectivity index (χ2n) is 4.23. The Morgan fingerprint density at radius 1 is 1.43 bits per heavy atom. The first-order chi connectivity index (χ1) is 9.69. The predicted molar refractivity (Wildman–Crippen MR) is 74.8 cm³/mol. The van der Waals surface area contributed by atoms with Crippen molar-refractivity contribution in [2.75, 3.05) is 13.7 Å². The number of aliphatic carboxylic acids is 1. The summed E-state index contributed by atoms with van der Waals surface area (Å²) in [6.07, 6.45) is 0. The second kappa shape index (κ2) is 6.88. The quantitative estimate of drug-likeness (QED) is 0.754. The minimum atomic E-state index is -4.04. The van der Waals surface area contributed by atoms with Gasteiger partial charge in [-0.3, -0.25) is 4.79 Å². The number of hydrogen-bond donors (Lipinski definition) is 2. The number of methoxy groups -OCH3 is 1. The van der Waals surface area contributed by atoms with E-state index in [1.54, 1.807) is 0 Å². The van der Waals surface area contributed by atoms with E-state index < -0.39 is 27.9 Å². The van der Waals surface area contributed by atoms with Gasteiger partial charge in [0.15, 0.2) is 0 Å². The maximum atomic E-state index is 12.1. The van der Waals surface area contributed by atoms with Gasteiger partial charge in [-0.1, -0.05) is 18.5 Å². The van der Waals surface area contributed by atoms with Crippen LogP contribution in [0, 0.1) is 5.92 Å². The fourth-order valence-electron chi connectivity index (χ4n) is 1.35. The Morgan fingerprint density at radius 2 is 2.05 bits per heavy atom. The average Bonchev–Trinajstić information content (AvgIpc) is 2.44. The fourth-order valence-corrected chi connectivity index (χ4v) is 3.01. The largest absolute Gasteiger partial charge is 0.481 e. The maximum Gasteiger partial charge on any atom is 0.337 e. The van der Waals surface area contributed by atoms with Gasteiger partial charge in [0.2, 0.25) is 10.0 Å². The number of halogens is 1. The molecule has 21 heavy (non-hydrogen) atoms. The zero-order valence-corrected chi connectivity index (χ0v) is 12.9. The molecule has 1 unspecified atom stereocenters. The van der Waals surface area contributed by atoms with E-state index in [-0.39, 0.29) is 22.0 Å². The van der Waals surface area contributed by atoms with Crippen LogP contribution < -0.4 is 4.72 Å². The second-order valence-corrected chi connectivity index (χ2v) is 6.37. The molecule has 0 saturated carbocycles. The lowest BCUT2D eigenvalue weighted by molar-refractivity contribution is -0.140. The van der Waals surface area contributed by atoms with Crippen molar-refractivity contribution in [3.63, 3.8) is 0 Å². The van der Waals surface area contributed by atoms with Crippen LogP contribution in [0.1, 0.15) is 17.3 Å². The highest BCUT2D eigenvalue weighted by molar-refractivity contribution is 7.89. The van der Waals surface area contributed by atoms with Crippen LogP contribution in [0.4, 0.5) is 0 Å². The van der Waals surface area contributed by atoms with E-state index in [9.17, 15) is 18.0 Å². The van der Waals surface area contributed by atoms with Crippen molar-refractivity contribution in [2.24, 2.45) is 5.92 Å². The van der Waals surface area contributed by atoms with E-state index in [0.29, 0.717) is 0 Å². The number of carbonyl (C=O) groups is 2. The smallest absolute Gasteiger partial charge is 0.337 e. The molecule has 0 aliphatic carbocycles. The minimum Gasteiger partial charge on any atom is -0.481 e. The molecule has 0 heterocycles. The number of benzene rings is 1. The van der Waals surface area contributed by atoms with Crippen molar-refractivity contribution in [3.05, 3.63) is 28.8 Å². The molecule has 2 N–H and O–H groups in total. The highest BCUT2D eigenvalue weighted by Crippen LogP contribution is 2.23. The molecule has 116 valence electrons. The molecule has 0 amide bonds. The minimum absolute atomic E-state index is 0.0218. The highest BCUT2D eigenvalue weighted by atomic mass is 35.5. The van der Waals surface area contributed by atoms with Crippen molar-refractivity contribution in [2.45, 2.75) is 11.8 Å². The van der Waals surface area contributed by atoms with E-state index >= 15 is 0 Å². The molecule has 7 nitrogen and oxygen atoms in total. The lowest BCUT2D eigenvalue weighted by atomic mass is 10.2. The Morgan fingerprint density at radius 3 is 2.57 bits per heavy atom. The maximum absolute atomic E-state index is 12.1. The van der Waals surface area contributed by atoms with Gasteiger partial charge in [-0.15, -0.1) is 0 Å². The first-order valence-corrected chi connectivity index (χ1v) is 7.65. The van der Waals surface area contributed by atoms with E-state index in [1.807, 2.05) is 0 Å². The summed E-state index contributed by atoms with van der Waals surface area (Å²) in [7, 11) is -2.87. The summed E-state index contributed by atoms with van der Waals surface area (Å²) in [6.45, 7) is 1.06. The molecule has 0 aliphatic rings. The monoisotopic (exact) mass is 335 g/mol. The third kappa shape index (κ3) is 4.42. The van der Waals surface area contributed by atoms with Gasteiger partial charge in [0.25, 0.3) is 0 Å². The van der Waals surface area contributed by atoms with Crippen LogP contribution in [0.5, 0.6) is 0 Å². The normalized spacial score (nSPS) is 12.7. The lowest BCUT2D eigenvalue weighted by Crippen LogP contribution is -2.31. The van der Waals surface area contributed by atoms with Gasteiger partial charge in [0.05, 0.1) is 23.6 Å². The number of carbonyl (C=O) groups excluding carboxylic acids is 1. The molecule has 0 aromatic heterocycles. The summed E-state index contributed by atoms with van der Waals surface area (Å²) in [5, 5.41) is 8.65. The molecule has 0 saturated heterocycles. The van der Waals surface area contributed by atoms with Crippen molar-refractivity contribution in [3.8, 4) is 0 Å². The van der Waals surface area contributed by atoms with Crippen molar-refractivity contribution < 1.29 is 27.9 Å². The average molecular weight is 336 g/mol. The molecule has 1 rings (SSSR count). The van der Waals surface area contributed by atoms with Crippen LogP contribution in [0.2, 0.25) is 5.02 Å². The Kier molecular flexibility index (Phi) is 5.70. The van der Waals surface area contributed by atoms with Gasteiger partial charge in [-0.05, 0) is 18.2 Å². The molecule has 0 radical (unpaired) electrons. The van der Waals surface area contributed by atoms with Crippen molar-refractivity contribution in [1.29, 1.82) is 0 Å². The topological polar surface area (TPSA) is 110 Å². The van der Waals surface area contributed by atoms with E-state index in [1.165, 1.54) is 19.1 Å². The van der Waals surface area contributed by atoms with Crippen molar-refractivity contribution >= 4 is 33.6 Å². The van der Waals surface area contributed by atoms with Gasteiger partial charge in [0.1, 0.15) is 4.90 Å². The number of carboxylic acid groups (broad SMARTS) is 1. The van der Waals surface area contributed by atoms with E-state index in [2.05, 4.69) is 9.46 Å². The van der Waals surface area contributed by atoms with Crippen LogP contribution in [0.25, 0.3) is 0 Å². The highest BCUT2D eigenvalue weighted by Gasteiger charge is 2.22. The Bertz CT molecular complexity index is 658. The summed E-state index contributed by atoms with van der Waals surface area (Å²) < 4.78 is 30.8. The van der Waals surface area contributed by atoms with Crippen LogP contribution in [-0.2, 0) is 19.6 Å². The van der Waals surface area contributed by atoms with Gasteiger partial charge in [-0.2, -0.15) is 0 Å². The molecule has 1 aromatic rings. The number of nitrogens with one attached hydrogen (secondary N) is 1. The fraction of sp³-hybridized carbons (Fsp3) is 0.333. The lowest BCUT2D eigenvalue weighted by Gasteiger charge is -2.11. The first kappa shape index (κ1) is 17.4. The molecule has 0 aliphatic heterocycles. The number of carboxylic acids is 1. The SMILES string of the molecule is COC(=O)c1ccc(Cl)c(S(=O)(=O)NCC(C)C(=O)O)c1. The molecule has 9 heteroatoms. The van der Waals surface area contributed by atoms with E-state index in [4.69, 9.17) is 16.7 Å². The summed E-state index contributed by atoms with van der Waals surface area (Å²) in [4.78, 5) is 21.8.